The van der Waals surface area contributed by atoms with Crippen LogP contribution in [0, 0.1) is 13.8 Å². The molecule has 29 heavy (non-hydrogen) atoms. The first-order chi connectivity index (χ1) is 13.9. The maximum atomic E-state index is 13.2. The summed E-state index contributed by atoms with van der Waals surface area (Å²) in [6.45, 7) is 4.71. The summed E-state index contributed by atoms with van der Waals surface area (Å²) in [5, 5.41) is 14.8. The molecule has 0 saturated heterocycles. The highest BCUT2D eigenvalue weighted by molar-refractivity contribution is 5.93. The van der Waals surface area contributed by atoms with Crippen LogP contribution in [-0.2, 0) is 20.1 Å². The fourth-order valence-electron chi connectivity index (χ4n) is 3.47. The monoisotopic (exact) mass is 390 g/mol. The van der Waals surface area contributed by atoms with Gasteiger partial charge in [-0.1, -0.05) is 11.3 Å². The molecule has 0 fully saturated rings. The average Bonchev–Trinajstić information content (AvgIpc) is 3.33. The Morgan fingerprint density at radius 1 is 1.24 bits per heavy atom. The van der Waals surface area contributed by atoms with E-state index in [1.165, 1.54) is 6.20 Å². The molecule has 3 heterocycles. The molecule has 0 aliphatic rings. The molecule has 0 spiro atoms. The van der Waals surface area contributed by atoms with Crippen molar-refractivity contribution in [2.24, 2.45) is 7.05 Å². The lowest BCUT2D eigenvalue weighted by Crippen LogP contribution is -2.30. The number of rotatable bonds is 5. The molecule has 0 atom stereocenters. The third-order valence-corrected chi connectivity index (χ3v) is 5.00. The van der Waals surface area contributed by atoms with Crippen LogP contribution in [0.25, 0.3) is 11.0 Å². The number of benzene rings is 1. The Morgan fingerprint density at radius 2 is 2.07 bits per heavy atom. The van der Waals surface area contributed by atoms with Gasteiger partial charge in [0.25, 0.3) is 5.91 Å². The van der Waals surface area contributed by atoms with Gasteiger partial charge in [-0.3, -0.25) is 9.89 Å². The second-order valence-corrected chi connectivity index (χ2v) is 7.11. The topological polar surface area (TPSA) is 119 Å². The summed E-state index contributed by atoms with van der Waals surface area (Å²) >= 11 is 0. The number of H-pyrrole nitrogens is 1. The first kappa shape index (κ1) is 18.6. The number of carbonyl (C=O) groups excluding carboxylic acids is 1. The molecule has 0 bridgehead atoms. The Morgan fingerprint density at radius 3 is 2.79 bits per heavy atom. The number of aromatic nitrogens is 6. The van der Waals surface area contributed by atoms with Crippen molar-refractivity contribution in [1.82, 2.24) is 35.1 Å². The van der Waals surface area contributed by atoms with Crippen molar-refractivity contribution in [2.45, 2.75) is 26.9 Å². The van der Waals surface area contributed by atoms with Crippen LogP contribution in [-0.4, -0.2) is 41.0 Å². The fraction of sp³-hybridized carbons (Fsp3) is 0.250. The molecule has 0 unspecified atom stereocenters. The molecular formula is C20H22N8O. The largest absolute Gasteiger partial charge is 0.384 e. The van der Waals surface area contributed by atoms with Crippen molar-refractivity contribution in [1.29, 1.82) is 0 Å². The van der Waals surface area contributed by atoms with Crippen LogP contribution >= 0.6 is 0 Å². The van der Waals surface area contributed by atoms with Crippen LogP contribution < -0.4 is 5.73 Å². The molecule has 4 aromatic rings. The Bertz CT molecular complexity index is 1160. The summed E-state index contributed by atoms with van der Waals surface area (Å²) in [5.41, 5.74) is 11.9. The molecule has 9 nitrogen and oxygen atoms in total. The second-order valence-electron chi connectivity index (χ2n) is 7.11. The Hall–Kier alpha value is -3.75. The summed E-state index contributed by atoms with van der Waals surface area (Å²) in [5.74, 6) is 0.359. The number of pyridine rings is 1. The van der Waals surface area contributed by atoms with E-state index in [0.717, 1.165) is 33.4 Å². The van der Waals surface area contributed by atoms with E-state index in [4.69, 9.17) is 5.73 Å². The van der Waals surface area contributed by atoms with Crippen molar-refractivity contribution < 1.29 is 4.79 Å². The summed E-state index contributed by atoms with van der Waals surface area (Å²) in [4.78, 5) is 19.3. The number of carbonyl (C=O) groups is 1. The number of nitrogens with zero attached hydrogens (tertiary/aromatic N) is 6. The Balaban J connectivity index is 1.69. The fourth-order valence-corrected chi connectivity index (χ4v) is 3.47. The highest BCUT2D eigenvalue weighted by Crippen LogP contribution is 2.21. The zero-order valence-corrected chi connectivity index (χ0v) is 16.5. The van der Waals surface area contributed by atoms with E-state index in [9.17, 15) is 4.79 Å². The molecule has 1 amide bonds. The lowest BCUT2D eigenvalue weighted by Gasteiger charge is -2.24. The van der Waals surface area contributed by atoms with E-state index in [2.05, 4.69) is 25.5 Å². The molecule has 0 radical (unpaired) electrons. The van der Waals surface area contributed by atoms with Gasteiger partial charge in [0.1, 0.15) is 11.3 Å². The number of fused-ring (bicyclic) bond motifs is 1. The number of amides is 1. The quantitative estimate of drug-likeness (QED) is 0.539. The number of aryl methyl sites for hydroxylation is 3. The molecular weight excluding hydrogens is 368 g/mol. The predicted molar refractivity (Wildman–Crippen MR) is 109 cm³/mol. The van der Waals surface area contributed by atoms with Gasteiger partial charge in [0.15, 0.2) is 0 Å². The SMILES string of the molecule is Cc1cc(N)nc(C)c1CN(Cc1ccc2c(c1)nnn2C)C(=O)c1cn[nH]c1. The first-order valence-electron chi connectivity index (χ1n) is 9.21. The average molecular weight is 390 g/mol. The highest BCUT2D eigenvalue weighted by Gasteiger charge is 2.20. The zero-order valence-electron chi connectivity index (χ0n) is 16.5. The minimum absolute atomic E-state index is 0.117. The lowest BCUT2D eigenvalue weighted by atomic mass is 10.1. The second kappa shape index (κ2) is 7.34. The van der Waals surface area contributed by atoms with Gasteiger partial charge < -0.3 is 10.6 Å². The Kier molecular flexibility index (Phi) is 4.71. The van der Waals surface area contributed by atoms with Crippen LogP contribution in [0.5, 0.6) is 0 Å². The smallest absolute Gasteiger partial charge is 0.257 e. The number of nitrogens with two attached hydrogens (primary N) is 1. The van der Waals surface area contributed by atoms with Gasteiger partial charge in [-0.25, -0.2) is 9.67 Å². The predicted octanol–water partition coefficient (Wildman–Crippen LogP) is 2.13. The molecule has 1 aromatic carbocycles. The maximum Gasteiger partial charge on any atom is 0.257 e. The molecule has 0 saturated carbocycles. The molecule has 3 N–H and O–H groups in total. The molecule has 9 heteroatoms. The number of aromatic amines is 1. The lowest BCUT2D eigenvalue weighted by molar-refractivity contribution is 0.0729. The van der Waals surface area contributed by atoms with Crippen molar-refractivity contribution >= 4 is 22.8 Å². The van der Waals surface area contributed by atoms with Crippen molar-refractivity contribution in [3.05, 3.63) is 64.6 Å². The van der Waals surface area contributed by atoms with E-state index in [1.54, 1.807) is 15.8 Å². The van der Waals surface area contributed by atoms with E-state index >= 15 is 0 Å². The van der Waals surface area contributed by atoms with Gasteiger partial charge in [-0.05, 0) is 48.7 Å². The zero-order chi connectivity index (χ0) is 20.5. The van der Waals surface area contributed by atoms with E-state index in [0.29, 0.717) is 24.5 Å². The molecule has 4 rings (SSSR count). The standard InChI is InChI=1S/C20H22N8O/c1-12-6-19(21)24-13(2)16(12)11-28(20(29)15-8-22-23-9-15)10-14-4-5-18-17(7-14)25-26-27(18)3/h4-9H,10-11H2,1-3H3,(H2,21,24)(H,22,23). The van der Waals surface area contributed by atoms with Crippen LogP contribution in [0.3, 0.4) is 0 Å². The van der Waals surface area contributed by atoms with Gasteiger partial charge in [-0.15, -0.1) is 5.10 Å². The van der Waals surface area contributed by atoms with Gasteiger partial charge >= 0.3 is 0 Å². The van der Waals surface area contributed by atoms with Gasteiger partial charge in [-0.2, -0.15) is 5.10 Å². The van der Waals surface area contributed by atoms with Crippen LogP contribution in [0.4, 0.5) is 5.82 Å². The molecule has 3 aromatic heterocycles. The number of nitrogens with one attached hydrogen (secondary N) is 1. The summed E-state index contributed by atoms with van der Waals surface area (Å²) in [6, 6.07) is 7.74. The van der Waals surface area contributed by atoms with Crippen molar-refractivity contribution in [3.8, 4) is 0 Å². The third-order valence-electron chi connectivity index (χ3n) is 5.00. The Labute approximate surface area is 167 Å². The molecule has 0 aliphatic carbocycles. The number of anilines is 1. The van der Waals surface area contributed by atoms with E-state index in [-0.39, 0.29) is 5.91 Å². The van der Waals surface area contributed by atoms with E-state index < -0.39 is 0 Å². The van der Waals surface area contributed by atoms with Crippen LogP contribution in [0.15, 0.2) is 36.7 Å². The number of hydrogen-bond donors (Lipinski definition) is 2. The van der Waals surface area contributed by atoms with Gasteiger partial charge in [0, 0.05) is 32.0 Å². The highest BCUT2D eigenvalue weighted by atomic mass is 16.2. The molecule has 0 aliphatic heterocycles. The summed E-state index contributed by atoms with van der Waals surface area (Å²) in [7, 11) is 1.85. The van der Waals surface area contributed by atoms with Gasteiger partial charge in [0.05, 0.1) is 17.3 Å². The maximum absolute atomic E-state index is 13.2. The third kappa shape index (κ3) is 3.66. The van der Waals surface area contributed by atoms with Crippen molar-refractivity contribution in [3.63, 3.8) is 0 Å². The number of hydrogen-bond acceptors (Lipinski definition) is 6. The summed E-state index contributed by atoms with van der Waals surface area (Å²) < 4.78 is 1.72. The van der Waals surface area contributed by atoms with Gasteiger partial charge in [0.2, 0.25) is 0 Å². The van der Waals surface area contributed by atoms with Crippen molar-refractivity contribution in [2.75, 3.05) is 5.73 Å². The minimum atomic E-state index is -0.117. The normalized spacial score (nSPS) is 11.1. The minimum Gasteiger partial charge on any atom is -0.384 e. The summed E-state index contributed by atoms with van der Waals surface area (Å²) in [6.07, 6.45) is 3.13. The van der Waals surface area contributed by atoms with E-state index in [1.807, 2.05) is 45.2 Å². The first-order valence-corrected chi connectivity index (χ1v) is 9.21. The molecule has 148 valence electrons. The van der Waals surface area contributed by atoms with Crippen LogP contribution in [0.2, 0.25) is 0 Å². The van der Waals surface area contributed by atoms with Crippen LogP contribution in [0.1, 0.15) is 32.7 Å². The number of nitrogen functional groups attached to an aromatic ring is 1.